The highest BCUT2D eigenvalue weighted by atomic mass is 35.5. The highest BCUT2D eigenvalue weighted by Gasteiger charge is 2.26. The molecule has 0 saturated heterocycles. The molecule has 0 spiro atoms. The summed E-state index contributed by atoms with van der Waals surface area (Å²) in [6, 6.07) is 11.7. The average molecular weight is 290 g/mol. The number of rotatable bonds is 1. The summed E-state index contributed by atoms with van der Waals surface area (Å²) in [4.78, 5) is 0. The summed E-state index contributed by atoms with van der Waals surface area (Å²) in [5.41, 5.74) is 3.05. The summed E-state index contributed by atoms with van der Waals surface area (Å²) in [5.74, 6) is -0.302. The summed E-state index contributed by atoms with van der Waals surface area (Å²) in [6.07, 6.45) is 0.784. The minimum atomic E-state index is -0.228. The maximum atomic E-state index is 9.92. The molecule has 104 valence electrons. The second kappa shape index (κ2) is 5.35. The number of hydrogen-bond acceptors (Lipinski definition) is 3. The van der Waals surface area contributed by atoms with Crippen LogP contribution in [0, 0.1) is 0 Å². The predicted octanol–water partition coefficient (Wildman–Crippen LogP) is 3.03. The van der Waals surface area contributed by atoms with Gasteiger partial charge in [-0.15, -0.1) is 0 Å². The number of nitrogens with one attached hydrogen (secondary N) is 1. The Morgan fingerprint density at radius 3 is 2.65 bits per heavy atom. The van der Waals surface area contributed by atoms with E-state index in [2.05, 4.69) is 17.4 Å². The van der Waals surface area contributed by atoms with E-state index in [0.717, 1.165) is 36.2 Å². The number of benzene rings is 2. The molecule has 3 rings (SSSR count). The molecule has 1 aliphatic heterocycles. The van der Waals surface area contributed by atoms with Crippen LogP contribution in [0.25, 0.3) is 0 Å². The summed E-state index contributed by atoms with van der Waals surface area (Å²) in [5, 5.41) is 23.3. The van der Waals surface area contributed by atoms with Crippen molar-refractivity contribution in [3.05, 3.63) is 58.1 Å². The fraction of sp³-hybridized carbons (Fsp3) is 0.250. The molecule has 1 unspecified atom stereocenters. The van der Waals surface area contributed by atoms with E-state index >= 15 is 0 Å². The lowest BCUT2D eigenvalue weighted by Gasteiger charge is -2.20. The molecule has 0 aliphatic carbocycles. The smallest absolute Gasteiger partial charge is 0.176 e. The Balaban J connectivity index is 2.19. The van der Waals surface area contributed by atoms with Crippen molar-refractivity contribution in [3.63, 3.8) is 0 Å². The number of hydrogen-bond donors (Lipinski definition) is 3. The Bertz CT molecular complexity index is 628. The SMILES string of the molecule is Oc1cc2c(c(Cl)c1O)C(c1ccccc1)CNCC2. The molecule has 3 nitrogen and oxygen atoms in total. The van der Waals surface area contributed by atoms with Gasteiger partial charge in [0.05, 0.1) is 5.02 Å². The van der Waals surface area contributed by atoms with Gasteiger partial charge in [-0.05, 0) is 35.7 Å². The number of aromatic hydroxyl groups is 2. The van der Waals surface area contributed by atoms with E-state index in [1.807, 2.05) is 18.2 Å². The lowest BCUT2D eigenvalue weighted by molar-refractivity contribution is 0.402. The monoisotopic (exact) mass is 289 g/mol. The van der Waals surface area contributed by atoms with Crippen LogP contribution in [0.1, 0.15) is 22.6 Å². The predicted molar refractivity (Wildman–Crippen MR) is 79.6 cm³/mol. The third-order valence-corrected chi connectivity index (χ3v) is 4.20. The highest BCUT2D eigenvalue weighted by molar-refractivity contribution is 6.33. The molecule has 20 heavy (non-hydrogen) atoms. The Labute approximate surface area is 122 Å². The minimum Gasteiger partial charge on any atom is -0.504 e. The van der Waals surface area contributed by atoms with Crippen molar-refractivity contribution >= 4 is 11.6 Å². The molecule has 0 bridgehead atoms. The zero-order valence-electron chi connectivity index (χ0n) is 10.9. The van der Waals surface area contributed by atoms with Gasteiger partial charge in [-0.1, -0.05) is 41.9 Å². The first-order valence-corrected chi connectivity index (χ1v) is 7.05. The molecular formula is C16H16ClNO2. The van der Waals surface area contributed by atoms with E-state index < -0.39 is 0 Å². The van der Waals surface area contributed by atoms with E-state index in [1.165, 1.54) is 0 Å². The van der Waals surface area contributed by atoms with Gasteiger partial charge in [0.15, 0.2) is 11.5 Å². The molecule has 1 atom stereocenters. The van der Waals surface area contributed by atoms with E-state index in [-0.39, 0.29) is 22.4 Å². The molecule has 0 fully saturated rings. The molecular weight excluding hydrogens is 274 g/mol. The van der Waals surface area contributed by atoms with E-state index in [9.17, 15) is 10.2 Å². The first-order valence-electron chi connectivity index (χ1n) is 6.67. The summed E-state index contributed by atoms with van der Waals surface area (Å²) >= 11 is 6.30. The van der Waals surface area contributed by atoms with Gasteiger partial charge in [0.1, 0.15) is 0 Å². The molecule has 1 aliphatic rings. The van der Waals surface area contributed by atoms with Gasteiger partial charge >= 0.3 is 0 Å². The van der Waals surface area contributed by atoms with Crippen LogP contribution in [-0.2, 0) is 6.42 Å². The number of fused-ring (bicyclic) bond motifs is 1. The molecule has 0 aromatic heterocycles. The van der Waals surface area contributed by atoms with Crippen LogP contribution in [0.4, 0.5) is 0 Å². The Kier molecular flexibility index (Phi) is 3.55. The van der Waals surface area contributed by atoms with Gasteiger partial charge in [0.25, 0.3) is 0 Å². The van der Waals surface area contributed by atoms with Crippen molar-refractivity contribution < 1.29 is 10.2 Å². The average Bonchev–Trinajstić information content (AvgIpc) is 2.68. The minimum absolute atomic E-state index is 0.0766. The van der Waals surface area contributed by atoms with Gasteiger partial charge in [-0.3, -0.25) is 0 Å². The van der Waals surface area contributed by atoms with Crippen LogP contribution in [0.5, 0.6) is 11.5 Å². The summed E-state index contributed by atoms with van der Waals surface area (Å²) in [7, 11) is 0. The van der Waals surface area contributed by atoms with Crippen molar-refractivity contribution in [2.75, 3.05) is 13.1 Å². The second-order valence-electron chi connectivity index (χ2n) is 5.05. The maximum Gasteiger partial charge on any atom is 0.176 e. The second-order valence-corrected chi connectivity index (χ2v) is 5.43. The zero-order valence-corrected chi connectivity index (χ0v) is 11.7. The normalized spacial score (nSPS) is 18.4. The number of halogens is 1. The maximum absolute atomic E-state index is 9.92. The van der Waals surface area contributed by atoms with E-state index in [4.69, 9.17) is 11.6 Å². The highest BCUT2D eigenvalue weighted by Crippen LogP contribution is 2.43. The van der Waals surface area contributed by atoms with Crippen LogP contribution in [0.3, 0.4) is 0 Å². The van der Waals surface area contributed by atoms with Crippen molar-refractivity contribution in [1.82, 2.24) is 5.32 Å². The summed E-state index contributed by atoms with van der Waals surface area (Å²) < 4.78 is 0. The van der Waals surface area contributed by atoms with Gasteiger partial charge in [0, 0.05) is 12.5 Å². The fourth-order valence-electron chi connectivity index (χ4n) is 2.82. The standard InChI is InChI=1S/C16H16ClNO2/c17-15-14-11(8-13(19)16(15)20)6-7-18-9-12(14)10-4-2-1-3-5-10/h1-5,8,12,18-20H,6-7,9H2. The van der Waals surface area contributed by atoms with Gasteiger partial charge < -0.3 is 15.5 Å². The van der Waals surface area contributed by atoms with E-state index in [1.54, 1.807) is 6.07 Å². The number of phenols is 2. The zero-order chi connectivity index (χ0) is 14.1. The first-order chi connectivity index (χ1) is 9.68. The molecule has 3 N–H and O–H groups in total. The summed E-state index contributed by atoms with van der Waals surface area (Å²) in [6.45, 7) is 1.60. The van der Waals surface area contributed by atoms with Gasteiger partial charge in [0.2, 0.25) is 0 Å². The number of phenolic OH excluding ortho intramolecular Hbond substituents is 2. The van der Waals surface area contributed by atoms with Crippen LogP contribution >= 0.6 is 11.6 Å². The lowest BCUT2D eigenvalue weighted by Crippen LogP contribution is -2.21. The van der Waals surface area contributed by atoms with Gasteiger partial charge in [-0.2, -0.15) is 0 Å². The molecule has 0 radical (unpaired) electrons. The van der Waals surface area contributed by atoms with Gasteiger partial charge in [-0.25, -0.2) is 0 Å². The first kappa shape index (κ1) is 13.3. The third kappa shape index (κ3) is 2.23. The quantitative estimate of drug-likeness (QED) is 0.707. The van der Waals surface area contributed by atoms with Crippen molar-refractivity contribution in [2.24, 2.45) is 0 Å². The van der Waals surface area contributed by atoms with Crippen LogP contribution in [-0.4, -0.2) is 23.3 Å². The largest absolute Gasteiger partial charge is 0.504 e. The van der Waals surface area contributed by atoms with Crippen molar-refractivity contribution in [2.45, 2.75) is 12.3 Å². The van der Waals surface area contributed by atoms with E-state index in [0.29, 0.717) is 0 Å². The molecule has 0 saturated carbocycles. The molecule has 4 heteroatoms. The van der Waals surface area contributed by atoms with Crippen molar-refractivity contribution in [1.29, 1.82) is 0 Å². The lowest BCUT2D eigenvalue weighted by atomic mass is 9.87. The topological polar surface area (TPSA) is 52.5 Å². The Hall–Kier alpha value is -1.71. The molecule has 0 amide bonds. The molecule has 2 aromatic carbocycles. The van der Waals surface area contributed by atoms with Crippen LogP contribution in [0.2, 0.25) is 5.02 Å². The van der Waals surface area contributed by atoms with Crippen LogP contribution in [0.15, 0.2) is 36.4 Å². The third-order valence-electron chi connectivity index (χ3n) is 3.81. The fourth-order valence-corrected chi connectivity index (χ4v) is 3.17. The Morgan fingerprint density at radius 2 is 1.90 bits per heavy atom. The van der Waals surface area contributed by atoms with Crippen molar-refractivity contribution in [3.8, 4) is 11.5 Å². The molecule has 1 heterocycles. The van der Waals surface area contributed by atoms with Crippen LogP contribution < -0.4 is 5.32 Å². The molecule has 2 aromatic rings. The Morgan fingerprint density at radius 1 is 1.15 bits per heavy atom.